The monoisotopic (exact) mass is 298 g/mol. The zero-order chi connectivity index (χ0) is 15.6. The van der Waals surface area contributed by atoms with Gasteiger partial charge in [0.15, 0.2) is 0 Å². The first-order chi connectivity index (χ1) is 9.92. The van der Waals surface area contributed by atoms with Gasteiger partial charge in [0.25, 0.3) is 5.91 Å². The Morgan fingerprint density at radius 1 is 0.952 bits per heavy atom. The summed E-state index contributed by atoms with van der Waals surface area (Å²) >= 11 is 0. The van der Waals surface area contributed by atoms with E-state index in [4.69, 9.17) is 0 Å². The van der Waals surface area contributed by atoms with Gasteiger partial charge in [-0.3, -0.25) is 4.79 Å². The molecule has 0 spiro atoms. The van der Waals surface area contributed by atoms with Crippen molar-refractivity contribution in [2.24, 2.45) is 0 Å². The molecule has 2 rings (SSSR count). The second-order valence-corrected chi connectivity index (χ2v) is 4.14. The van der Waals surface area contributed by atoms with Crippen LogP contribution in [0.5, 0.6) is 0 Å². The molecule has 0 fully saturated rings. The molecule has 0 aliphatic carbocycles. The maximum atomic E-state index is 13.5. The van der Waals surface area contributed by atoms with Crippen molar-refractivity contribution in [3.63, 3.8) is 0 Å². The average Bonchev–Trinajstić information content (AvgIpc) is 2.41. The van der Waals surface area contributed by atoms with Gasteiger partial charge in [0.05, 0.1) is 5.69 Å². The number of hydrogen-bond acceptors (Lipinski definition) is 2. The normalized spacial score (nSPS) is 10.3. The zero-order valence-electron chi connectivity index (χ0n) is 10.8. The number of halogens is 4. The molecule has 0 unspecified atom stereocenters. The van der Waals surface area contributed by atoms with Gasteiger partial charge in [0, 0.05) is 18.7 Å². The van der Waals surface area contributed by atoms with Gasteiger partial charge in [0.1, 0.15) is 29.0 Å². The van der Waals surface area contributed by atoms with Crippen LogP contribution in [0.2, 0.25) is 0 Å². The van der Waals surface area contributed by atoms with Crippen molar-refractivity contribution >= 4 is 17.3 Å². The lowest BCUT2D eigenvalue weighted by Gasteiger charge is -2.09. The third kappa shape index (κ3) is 3.13. The largest absolute Gasteiger partial charge is 0.383 e. The summed E-state index contributed by atoms with van der Waals surface area (Å²) in [6.45, 7) is 0. The predicted octanol–water partition coefficient (Wildman–Crippen LogP) is 3.54. The van der Waals surface area contributed by atoms with E-state index in [9.17, 15) is 22.4 Å². The number of benzene rings is 2. The number of rotatable bonds is 3. The molecule has 3 nitrogen and oxygen atoms in total. The molecule has 0 bridgehead atoms. The van der Waals surface area contributed by atoms with E-state index < -0.39 is 29.2 Å². The first-order valence-electron chi connectivity index (χ1n) is 5.85. The first kappa shape index (κ1) is 14.8. The summed E-state index contributed by atoms with van der Waals surface area (Å²) in [7, 11) is 1.33. The topological polar surface area (TPSA) is 41.1 Å². The van der Waals surface area contributed by atoms with Crippen molar-refractivity contribution in [1.29, 1.82) is 0 Å². The van der Waals surface area contributed by atoms with Crippen molar-refractivity contribution in [1.82, 2.24) is 0 Å². The smallest absolute Gasteiger partial charge is 0.255 e. The fraction of sp³-hybridized carbons (Fsp3) is 0.0714. The second kappa shape index (κ2) is 5.82. The van der Waals surface area contributed by atoms with Crippen LogP contribution in [-0.4, -0.2) is 13.0 Å². The first-order valence-corrected chi connectivity index (χ1v) is 5.85. The Morgan fingerprint density at radius 2 is 1.57 bits per heavy atom. The quantitative estimate of drug-likeness (QED) is 0.851. The molecule has 0 heterocycles. The van der Waals surface area contributed by atoms with Gasteiger partial charge >= 0.3 is 0 Å². The molecule has 2 aromatic rings. The maximum absolute atomic E-state index is 13.5. The summed E-state index contributed by atoms with van der Waals surface area (Å²) < 4.78 is 53.2. The van der Waals surface area contributed by atoms with Crippen molar-refractivity contribution in [3.05, 3.63) is 59.2 Å². The average molecular weight is 298 g/mol. The van der Waals surface area contributed by atoms with Crippen LogP contribution in [0.4, 0.5) is 28.9 Å². The van der Waals surface area contributed by atoms with Crippen LogP contribution >= 0.6 is 0 Å². The molecule has 0 atom stereocenters. The van der Waals surface area contributed by atoms with Gasteiger partial charge in [0.2, 0.25) is 0 Å². The van der Waals surface area contributed by atoms with Crippen LogP contribution in [0.25, 0.3) is 0 Å². The fourth-order valence-electron chi connectivity index (χ4n) is 1.73. The molecule has 2 aromatic carbocycles. The SMILES string of the molecule is CNc1c(F)cc(C(=O)Nc2ccc(F)cc2F)cc1F. The Balaban J connectivity index is 2.28. The Hall–Kier alpha value is -2.57. The van der Waals surface area contributed by atoms with Gasteiger partial charge in [-0.2, -0.15) is 0 Å². The molecule has 1 amide bonds. The van der Waals surface area contributed by atoms with Crippen molar-refractivity contribution in [2.75, 3.05) is 17.7 Å². The molecule has 0 aliphatic heterocycles. The van der Waals surface area contributed by atoms with Crippen molar-refractivity contribution in [2.45, 2.75) is 0 Å². The molecular formula is C14H10F4N2O. The van der Waals surface area contributed by atoms with Crippen LogP contribution in [0.3, 0.4) is 0 Å². The van der Waals surface area contributed by atoms with E-state index in [1.54, 1.807) is 0 Å². The molecule has 21 heavy (non-hydrogen) atoms. The molecule has 7 heteroatoms. The van der Waals surface area contributed by atoms with Crippen molar-refractivity contribution < 1.29 is 22.4 Å². The minimum absolute atomic E-state index is 0.292. The minimum atomic E-state index is -0.990. The summed E-state index contributed by atoms with van der Waals surface area (Å²) in [5, 5.41) is 4.42. The zero-order valence-corrected chi connectivity index (χ0v) is 10.8. The molecule has 0 saturated heterocycles. The minimum Gasteiger partial charge on any atom is -0.383 e. The van der Waals surface area contributed by atoms with Gasteiger partial charge in [-0.1, -0.05) is 0 Å². The molecule has 0 saturated carbocycles. The molecule has 0 aromatic heterocycles. The summed E-state index contributed by atoms with van der Waals surface area (Å²) in [6, 6.07) is 4.17. The Kier molecular flexibility index (Phi) is 4.11. The Morgan fingerprint density at radius 3 is 2.10 bits per heavy atom. The lowest BCUT2D eigenvalue weighted by molar-refractivity contribution is 0.102. The van der Waals surface area contributed by atoms with Crippen LogP contribution in [0.1, 0.15) is 10.4 Å². The van der Waals surface area contributed by atoms with E-state index in [0.717, 1.165) is 24.3 Å². The molecule has 2 N–H and O–H groups in total. The van der Waals surface area contributed by atoms with Crippen LogP contribution in [0, 0.1) is 23.3 Å². The van der Waals surface area contributed by atoms with Gasteiger partial charge in [-0.05, 0) is 24.3 Å². The lowest BCUT2D eigenvalue weighted by Crippen LogP contribution is -2.14. The Bertz CT molecular complexity index is 680. The van der Waals surface area contributed by atoms with Crippen LogP contribution in [0.15, 0.2) is 30.3 Å². The summed E-state index contributed by atoms with van der Waals surface area (Å²) in [4.78, 5) is 11.8. The number of hydrogen-bond donors (Lipinski definition) is 2. The standard InChI is InChI=1S/C14H10F4N2O/c1-19-13-10(17)4-7(5-11(13)18)14(21)20-12-3-2-8(15)6-9(12)16/h2-6,19H,1H3,(H,20,21). The summed E-state index contributed by atoms with van der Waals surface area (Å²) in [5.74, 6) is -4.62. The number of nitrogens with one attached hydrogen (secondary N) is 2. The number of carbonyl (C=O) groups excluding carboxylic acids is 1. The second-order valence-electron chi connectivity index (χ2n) is 4.14. The highest BCUT2D eigenvalue weighted by molar-refractivity contribution is 6.04. The van der Waals surface area contributed by atoms with E-state index in [1.165, 1.54) is 7.05 Å². The van der Waals surface area contributed by atoms with Gasteiger partial charge < -0.3 is 10.6 Å². The number of carbonyl (C=O) groups is 1. The highest BCUT2D eigenvalue weighted by Gasteiger charge is 2.15. The third-order valence-corrected chi connectivity index (χ3v) is 2.73. The van der Waals surface area contributed by atoms with Crippen LogP contribution < -0.4 is 10.6 Å². The third-order valence-electron chi connectivity index (χ3n) is 2.73. The van der Waals surface area contributed by atoms with Crippen LogP contribution in [-0.2, 0) is 0 Å². The van der Waals surface area contributed by atoms with E-state index >= 15 is 0 Å². The highest BCUT2D eigenvalue weighted by Crippen LogP contribution is 2.22. The molecule has 0 aliphatic rings. The van der Waals surface area contributed by atoms with Gasteiger partial charge in [-0.25, -0.2) is 17.6 Å². The van der Waals surface area contributed by atoms with Gasteiger partial charge in [-0.15, -0.1) is 0 Å². The van der Waals surface area contributed by atoms with E-state index in [2.05, 4.69) is 10.6 Å². The summed E-state index contributed by atoms with van der Waals surface area (Å²) in [5.41, 5.74) is -0.993. The van der Waals surface area contributed by atoms with E-state index in [1.807, 2.05) is 0 Å². The highest BCUT2D eigenvalue weighted by atomic mass is 19.1. The molecule has 110 valence electrons. The molecular weight excluding hydrogens is 288 g/mol. The Labute approximate surface area is 117 Å². The van der Waals surface area contributed by atoms with Crippen molar-refractivity contribution in [3.8, 4) is 0 Å². The van der Waals surface area contributed by atoms with E-state index in [-0.39, 0.29) is 16.9 Å². The maximum Gasteiger partial charge on any atom is 0.255 e. The molecule has 0 radical (unpaired) electrons. The number of amides is 1. The predicted molar refractivity (Wildman–Crippen MR) is 70.2 cm³/mol. The fourth-order valence-corrected chi connectivity index (χ4v) is 1.73. The lowest BCUT2D eigenvalue weighted by atomic mass is 10.1. The van der Waals surface area contributed by atoms with E-state index in [0.29, 0.717) is 6.07 Å². The number of anilines is 2. The summed E-state index contributed by atoms with van der Waals surface area (Å²) in [6.07, 6.45) is 0.